The molecule has 3 rings (SSSR count). The highest BCUT2D eigenvalue weighted by Crippen LogP contribution is 2.22. The van der Waals surface area contributed by atoms with Crippen molar-refractivity contribution in [1.82, 2.24) is 9.88 Å². The monoisotopic (exact) mass is 339 g/mol. The quantitative estimate of drug-likeness (QED) is 0.879. The maximum atomic E-state index is 12.3. The molecule has 2 N–H and O–H groups in total. The lowest BCUT2D eigenvalue weighted by atomic mass is 9.95. The second-order valence-corrected chi connectivity index (χ2v) is 6.71. The third-order valence-electron chi connectivity index (χ3n) is 4.77. The lowest BCUT2D eigenvalue weighted by molar-refractivity contribution is -0.121. The summed E-state index contributed by atoms with van der Waals surface area (Å²) in [5.41, 5.74) is 2.14. The van der Waals surface area contributed by atoms with Crippen LogP contribution in [0.3, 0.4) is 0 Å². The molecule has 132 valence electrons. The van der Waals surface area contributed by atoms with Gasteiger partial charge in [-0.05, 0) is 50.6 Å². The number of likely N-dealkylation sites (tertiary alicyclic amines) is 1. The highest BCUT2D eigenvalue weighted by Gasteiger charge is 2.26. The SMILES string of the molecule is Cc1ccc(C(O)CN2CCC(C(=O)Nc3ccccn3)CC2)cc1. The second-order valence-electron chi connectivity index (χ2n) is 6.71. The predicted molar refractivity (Wildman–Crippen MR) is 98.2 cm³/mol. The van der Waals surface area contributed by atoms with E-state index in [1.165, 1.54) is 5.56 Å². The number of nitrogens with zero attached hydrogens (tertiary/aromatic N) is 2. The summed E-state index contributed by atoms with van der Waals surface area (Å²) >= 11 is 0. The Morgan fingerprint density at radius 1 is 1.24 bits per heavy atom. The Kier molecular flexibility index (Phi) is 5.79. The van der Waals surface area contributed by atoms with Crippen LogP contribution in [0.4, 0.5) is 5.82 Å². The minimum Gasteiger partial charge on any atom is -0.387 e. The number of piperidine rings is 1. The Labute approximate surface area is 148 Å². The molecule has 0 spiro atoms. The molecule has 1 aromatic heterocycles. The Morgan fingerprint density at radius 3 is 2.60 bits per heavy atom. The number of rotatable bonds is 5. The predicted octanol–water partition coefficient (Wildman–Crippen LogP) is 2.77. The average molecular weight is 339 g/mol. The van der Waals surface area contributed by atoms with E-state index in [-0.39, 0.29) is 11.8 Å². The van der Waals surface area contributed by atoms with Crippen LogP contribution >= 0.6 is 0 Å². The number of hydrogen-bond donors (Lipinski definition) is 2. The van der Waals surface area contributed by atoms with Crippen molar-refractivity contribution in [1.29, 1.82) is 0 Å². The summed E-state index contributed by atoms with van der Waals surface area (Å²) in [6.45, 7) is 4.29. The summed E-state index contributed by atoms with van der Waals surface area (Å²) in [7, 11) is 0. The molecule has 5 nitrogen and oxygen atoms in total. The number of carbonyl (C=O) groups is 1. The number of anilines is 1. The molecular weight excluding hydrogens is 314 g/mol. The molecule has 25 heavy (non-hydrogen) atoms. The van der Waals surface area contributed by atoms with E-state index in [4.69, 9.17) is 0 Å². The number of carbonyl (C=O) groups excluding carboxylic acids is 1. The number of aromatic nitrogens is 1. The summed E-state index contributed by atoms with van der Waals surface area (Å²) in [6.07, 6.45) is 2.79. The maximum absolute atomic E-state index is 12.3. The first-order valence-corrected chi connectivity index (χ1v) is 8.80. The van der Waals surface area contributed by atoms with E-state index in [9.17, 15) is 9.90 Å². The first-order chi connectivity index (χ1) is 12.1. The molecule has 1 fully saturated rings. The van der Waals surface area contributed by atoms with Crippen molar-refractivity contribution in [3.63, 3.8) is 0 Å². The van der Waals surface area contributed by atoms with Crippen molar-refractivity contribution >= 4 is 11.7 Å². The third-order valence-corrected chi connectivity index (χ3v) is 4.77. The van der Waals surface area contributed by atoms with Crippen LogP contribution in [0.1, 0.15) is 30.1 Å². The molecule has 0 aliphatic carbocycles. The van der Waals surface area contributed by atoms with Crippen LogP contribution in [0.15, 0.2) is 48.7 Å². The van der Waals surface area contributed by atoms with E-state index in [1.807, 2.05) is 43.3 Å². The lowest BCUT2D eigenvalue weighted by Crippen LogP contribution is -2.40. The molecule has 2 heterocycles. The summed E-state index contributed by atoms with van der Waals surface area (Å²) in [6, 6.07) is 13.5. The molecule has 1 amide bonds. The normalized spacial score (nSPS) is 17.2. The molecule has 5 heteroatoms. The molecule has 1 aromatic carbocycles. The number of aryl methyl sites for hydroxylation is 1. The van der Waals surface area contributed by atoms with E-state index >= 15 is 0 Å². The fourth-order valence-electron chi connectivity index (χ4n) is 3.18. The molecular formula is C20H25N3O2. The standard InChI is InChI=1S/C20H25N3O2/c1-15-5-7-16(8-6-15)18(24)14-23-12-9-17(10-13-23)20(25)22-19-4-2-3-11-21-19/h2-8,11,17-18,24H,9-10,12-14H2,1H3,(H,21,22,25). The number of aliphatic hydroxyl groups excluding tert-OH is 1. The number of aliphatic hydroxyl groups is 1. The topological polar surface area (TPSA) is 65.5 Å². The van der Waals surface area contributed by atoms with Gasteiger partial charge in [0, 0.05) is 18.7 Å². The highest BCUT2D eigenvalue weighted by molar-refractivity contribution is 5.91. The second kappa shape index (κ2) is 8.23. The van der Waals surface area contributed by atoms with Crippen molar-refractivity contribution in [3.05, 3.63) is 59.8 Å². The van der Waals surface area contributed by atoms with Gasteiger partial charge in [0.2, 0.25) is 5.91 Å². The number of hydrogen-bond acceptors (Lipinski definition) is 4. The van der Waals surface area contributed by atoms with Crippen LogP contribution in [0.5, 0.6) is 0 Å². The van der Waals surface area contributed by atoms with Gasteiger partial charge in [0.05, 0.1) is 6.10 Å². The van der Waals surface area contributed by atoms with Gasteiger partial charge in [-0.3, -0.25) is 4.79 Å². The number of benzene rings is 1. The van der Waals surface area contributed by atoms with Gasteiger partial charge >= 0.3 is 0 Å². The largest absolute Gasteiger partial charge is 0.387 e. The Balaban J connectivity index is 1.46. The molecule has 1 unspecified atom stereocenters. The number of β-amino-alcohol motifs (C(OH)–C–C–N with tert-alkyl or cyclic N) is 1. The molecule has 2 aromatic rings. The van der Waals surface area contributed by atoms with E-state index in [2.05, 4.69) is 15.2 Å². The highest BCUT2D eigenvalue weighted by atomic mass is 16.3. The van der Waals surface area contributed by atoms with Crippen LogP contribution < -0.4 is 5.32 Å². The number of pyridine rings is 1. The van der Waals surface area contributed by atoms with Gasteiger partial charge < -0.3 is 15.3 Å². The zero-order valence-corrected chi connectivity index (χ0v) is 14.6. The summed E-state index contributed by atoms with van der Waals surface area (Å²) in [5.74, 6) is 0.650. The van der Waals surface area contributed by atoms with E-state index in [0.717, 1.165) is 31.5 Å². The lowest BCUT2D eigenvalue weighted by Gasteiger charge is -2.32. The zero-order valence-electron chi connectivity index (χ0n) is 14.6. The van der Waals surface area contributed by atoms with Gasteiger partial charge in [-0.2, -0.15) is 0 Å². The Hall–Kier alpha value is -2.24. The van der Waals surface area contributed by atoms with Gasteiger partial charge in [0.25, 0.3) is 0 Å². The van der Waals surface area contributed by atoms with Gasteiger partial charge in [-0.25, -0.2) is 4.98 Å². The minimum atomic E-state index is -0.487. The zero-order chi connectivity index (χ0) is 17.6. The Morgan fingerprint density at radius 2 is 1.96 bits per heavy atom. The van der Waals surface area contributed by atoms with E-state index in [1.54, 1.807) is 12.3 Å². The molecule has 1 saturated heterocycles. The third kappa shape index (κ3) is 4.87. The first kappa shape index (κ1) is 17.6. The van der Waals surface area contributed by atoms with Crippen LogP contribution in [0.25, 0.3) is 0 Å². The summed E-state index contributed by atoms with van der Waals surface area (Å²) in [5, 5.41) is 13.3. The fourth-order valence-corrected chi connectivity index (χ4v) is 3.18. The molecule has 1 aliphatic heterocycles. The van der Waals surface area contributed by atoms with Gasteiger partial charge in [0.1, 0.15) is 5.82 Å². The molecule has 1 atom stereocenters. The summed E-state index contributed by atoms with van der Waals surface area (Å²) < 4.78 is 0. The minimum absolute atomic E-state index is 0.00905. The van der Waals surface area contributed by atoms with E-state index < -0.39 is 6.10 Å². The molecule has 0 bridgehead atoms. The van der Waals surface area contributed by atoms with E-state index in [0.29, 0.717) is 12.4 Å². The van der Waals surface area contributed by atoms with Gasteiger partial charge in [-0.1, -0.05) is 35.9 Å². The average Bonchev–Trinajstić information content (AvgIpc) is 2.63. The summed E-state index contributed by atoms with van der Waals surface area (Å²) in [4.78, 5) is 18.7. The number of nitrogens with one attached hydrogen (secondary N) is 1. The van der Waals surface area contributed by atoms with Crippen molar-refractivity contribution in [3.8, 4) is 0 Å². The van der Waals surface area contributed by atoms with Crippen LogP contribution in [0, 0.1) is 12.8 Å². The van der Waals surface area contributed by atoms with Crippen molar-refractivity contribution in [2.45, 2.75) is 25.9 Å². The van der Waals surface area contributed by atoms with Crippen molar-refractivity contribution in [2.24, 2.45) is 5.92 Å². The van der Waals surface area contributed by atoms with Crippen molar-refractivity contribution in [2.75, 3.05) is 25.0 Å². The van der Waals surface area contributed by atoms with Crippen LogP contribution in [-0.2, 0) is 4.79 Å². The number of amides is 1. The first-order valence-electron chi connectivity index (χ1n) is 8.80. The van der Waals surface area contributed by atoms with Crippen molar-refractivity contribution < 1.29 is 9.90 Å². The molecule has 0 saturated carbocycles. The molecule has 1 aliphatic rings. The molecule has 0 radical (unpaired) electrons. The Bertz CT molecular complexity index is 680. The van der Waals surface area contributed by atoms with Gasteiger partial charge in [-0.15, -0.1) is 0 Å². The fraction of sp³-hybridized carbons (Fsp3) is 0.400. The van der Waals surface area contributed by atoms with Crippen LogP contribution in [0.2, 0.25) is 0 Å². The smallest absolute Gasteiger partial charge is 0.228 e. The maximum Gasteiger partial charge on any atom is 0.228 e. The van der Waals surface area contributed by atoms with Gasteiger partial charge in [0.15, 0.2) is 0 Å². The van der Waals surface area contributed by atoms with Crippen LogP contribution in [-0.4, -0.2) is 40.5 Å².